The number of hydrogen-bond donors (Lipinski definition) is 2. The first-order valence-corrected chi connectivity index (χ1v) is 11.2. The summed E-state index contributed by atoms with van der Waals surface area (Å²) in [5.41, 5.74) is 4.34. The highest BCUT2D eigenvalue weighted by Crippen LogP contribution is 2.45. The van der Waals surface area contributed by atoms with E-state index in [1.54, 1.807) is 13.3 Å². The maximum atomic E-state index is 7.70. The smallest absolute Gasteiger partial charge is 0.213 e. The first kappa shape index (κ1) is 18.8. The summed E-state index contributed by atoms with van der Waals surface area (Å²) in [4.78, 5) is 10.1. The van der Waals surface area contributed by atoms with Crippen LogP contribution < -0.4 is 4.74 Å². The van der Waals surface area contributed by atoms with Crippen LogP contribution in [0.3, 0.4) is 0 Å². The molecule has 2 aliphatic heterocycles. The molecule has 5 rings (SSSR count). The van der Waals surface area contributed by atoms with Crippen molar-refractivity contribution in [3.05, 3.63) is 42.4 Å². The Kier molecular flexibility index (Phi) is 5.09. The fourth-order valence-electron chi connectivity index (χ4n) is 4.43. The number of ether oxygens (including phenoxy) is 1. The highest BCUT2D eigenvalue weighted by atomic mass is 32.2. The van der Waals surface area contributed by atoms with E-state index >= 15 is 0 Å². The second-order valence-electron chi connectivity index (χ2n) is 8.06. The van der Waals surface area contributed by atoms with E-state index in [9.17, 15) is 0 Å². The zero-order chi connectivity index (χ0) is 19.8. The van der Waals surface area contributed by atoms with Gasteiger partial charge in [-0.2, -0.15) is 0 Å². The molecule has 6 nitrogen and oxygen atoms in total. The van der Waals surface area contributed by atoms with Crippen molar-refractivity contribution >= 4 is 23.9 Å². The molecule has 0 aromatic carbocycles. The highest BCUT2D eigenvalue weighted by molar-refractivity contribution is 7.97. The van der Waals surface area contributed by atoms with Crippen LogP contribution in [0.1, 0.15) is 31.4 Å². The Bertz CT molecular complexity index is 907. The molecule has 4 heterocycles. The molecule has 2 atom stereocenters. The standard InChI is InChI=1S/C22H27N5OS/c1-28-22-11-15(7-9-24-22)16-10-20(25-12-16)21(6-8-23)26-13-17-2-3-18(14-26)27(17)29-19-4-5-19/h6-12,17-19,23,25H,2-5,13-14H2,1H3/b21-6+,23-8?. The van der Waals surface area contributed by atoms with Crippen LogP contribution in [-0.4, -0.2) is 62.9 Å². The fourth-order valence-corrected chi connectivity index (χ4v) is 5.81. The molecule has 7 heteroatoms. The number of piperazine rings is 1. The summed E-state index contributed by atoms with van der Waals surface area (Å²) < 4.78 is 7.95. The van der Waals surface area contributed by atoms with Crippen LogP contribution in [0, 0.1) is 5.41 Å². The van der Waals surface area contributed by atoms with Crippen LogP contribution in [0.2, 0.25) is 0 Å². The van der Waals surface area contributed by atoms with E-state index < -0.39 is 0 Å². The first-order valence-electron chi connectivity index (χ1n) is 10.3. The molecule has 2 aromatic rings. The molecule has 0 spiro atoms. The molecule has 0 radical (unpaired) electrons. The Morgan fingerprint density at radius 3 is 2.69 bits per heavy atom. The number of likely N-dealkylation sites (tertiary alicyclic amines) is 1. The van der Waals surface area contributed by atoms with Gasteiger partial charge in [0.25, 0.3) is 0 Å². The average molecular weight is 410 g/mol. The zero-order valence-electron chi connectivity index (χ0n) is 16.7. The van der Waals surface area contributed by atoms with Crippen molar-refractivity contribution in [2.45, 2.75) is 43.0 Å². The van der Waals surface area contributed by atoms with Gasteiger partial charge in [0, 0.05) is 60.7 Å². The van der Waals surface area contributed by atoms with Crippen molar-refractivity contribution in [2.75, 3.05) is 20.2 Å². The van der Waals surface area contributed by atoms with Gasteiger partial charge in [-0.15, -0.1) is 0 Å². The molecular weight excluding hydrogens is 382 g/mol. The molecule has 3 fully saturated rings. The van der Waals surface area contributed by atoms with Gasteiger partial charge in [-0.3, -0.25) is 0 Å². The van der Waals surface area contributed by atoms with E-state index in [1.807, 2.05) is 24.4 Å². The molecule has 2 saturated heterocycles. The third kappa shape index (κ3) is 3.81. The summed E-state index contributed by atoms with van der Waals surface area (Å²) in [7, 11) is 1.63. The Balaban J connectivity index is 1.37. The normalized spacial score (nSPS) is 24.7. The number of allylic oxidation sites excluding steroid dienone is 1. The zero-order valence-corrected chi connectivity index (χ0v) is 17.5. The van der Waals surface area contributed by atoms with Crippen molar-refractivity contribution in [1.29, 1.82) is 5.41 Å². The van der Waals surface area contributed by atoms with Crippen molar-refractivity contribution in [3.8, 4) is 17.0 Å². The average Bonchev–Trinajstić information content (AvgIpc) is 3.38. The lowest BCUT2D eigenvalue weighted by Crippen LogP contribution is -2.50. The van der Waals surface area contributed by atoms with E-state index in [4.69, 9.17) is 10.1 Å². The minimum atomic E-state index is 0.612. The number of aromatic nitrogens is 2. The maximum Gasteiger partial charge on any atom is 0.213 e. The van der Waals surface area contributed by atoms with E-state index in [0.29, 0.717) is 18.0 Å². The first-order chi connectivity index (χ1) is 14.2. The lowest BCUT2D eigenvalue weighted by atomic mass is 10.1. The van der Waals surface area contributed by atoms with E-state index in [-0.39, 0.29) is 0 Å². The Morgan fingerprint density at radius 2 is 2.00 bits per heavy atom. The van der Waals surface area contributed by atoms with Crippen molar-refractivity contribution in [1.82, 2.24) is 19.2 Å². The number of pyridine rings is 1. The largest absolute Gasteiger partial charge is 0.481 e. The second-order valence-corrected chi connectivity index (χ2v) is 9.36. The molecule has 2 N–H and O–H groups in total. The number of rotatable bonds is 7. The minimum absolute atomic E-state index is 0.612. The number of aromatic amines is 1. The second kappa shape index (κ2) is 7.88. The quantitative estimate of drug-likeness (QED) is 0.534. The minimum Gasteiger partial charge on any atom is -0.481 e. The number of nitrogens with zero attached hydrogens (tertiary/aromatic N) is 3. The number of nitrogens with one attached hydrogen (secondary N) is 2. The third-order valence-corrected chi connectivity index (χ3v) is 7.64. The topological polar surface area (TPSA) is 68.2 Å². The summed E-state index contributed by atoms with van der Waals surface area (Å²) >= 11 is 2.11. The molecule has 1 aliphatic carbocycles. The van der Waals surface area contributed by atoms with Crippen LogP contribution in [-0.2, 0) is 0 Å². The lowest BCUT2D eigenvalue weighted by Gasteiger charge is -2.42. The van der Waals surface area contributed by atoms with Crippen LogP contribution in [0.25, 0.3) is 16.8 Å². The van der Waals surface area contributed by atoms with Gasteiger partial charge in [-0.25, -0.2) is 9.29 Å². The Labute approximate surface area is 176 Å². The van der Waals surface area contributed by atoms with E-state index in [2.05, 4.69) is 37.2 Å². The van der Waals surface area contributed by atoms with Gasteiger partial charge >= 0.3 is 0 Å². The number of H-pyrrole nitrogens is 1. The van der Waals surface area contributed by atoms with E-state index in [1.165, 1.54) is 31.9 Å². The summed E-state index contributed by atoms with van der Waals surface area (Å²) in [5, 5.41) is 8.57. The number of methoxy groups -OCH3 is 1. The van der Waals surface area contributed by atoms with Gasteiger partial charge in [0.1, 0.15) is 0 Å². The summed E-state index contributed by atoms with van der Waals surface area (Å²) in [6.07, 6.45) is 12.4. The SMILES string of the molecule is COc1cc(-c2c[nH]c(/C(=C\C=N)N3CC4CCC(C3)N4SC3CC3)c2)ccn1. The summed E-state index contributed by atoms with van der Waals surface area (Å²) in [6.45, 7) is 2.07. The molecule has 1 saturated carbocycles. The molecule has 3 aliphatic rings. The van der Waals surface area contributed by atoms with Crippen LogP contribution in [0.4, 0.5) is 0 Å². The molecular formula is C22H27N5OS. The fraction of sp³-hybridized carbons (Fsp3) is 0.455. The highest BCUT2D eigenvalue weighted by Gasteiger charge is 2.43. The van der Waals surface area contributed by atoms with Crippen molar-refractivity contribution in [3.63, 3.8) is 0 Å². The van der Waals surface area contributed by atoms with Crippen molar-refractivity contribution in [2.24, 2.45) is 0 Å². The Morgan fingerprint density at radius 1 is 1.21 bits per heavy atom. The molecule has 2 aromatic heterocycles. The monoisotopic (exact) mass is 409 g/mol. The molecule has 2 unspecified atom stereocenters. The summed E-state index contributed by atoms with van der Waals surface area (Å²) in [5.74, 6) is 0.612. The van der Waals surface area contributed by atoms with Gasteiger partial charge < -0.3 is 20.0 Å². The maximum absolute atomic E-state index is 7.70. The Hall–Kier alpha value is -2.25. The molecule has 29 heavy (non-hydrogen) atoms. The van der Waals surface area contributed by atoms with Gasteiger partial charge in [0.2, 0.25) is 5.88 Å². The number of fused-ring (bicyclic) bond motifs is 2. The predicted octanol–water partition coefficient (Wildman–Crippen LogP) is 4.03. The molecule has 152 valence electrons. The van der Waals surface area contributed by atoms with Crippen LogP contribution >= 0.6 is 11.9 Å². The van der Waals surface area contributed by atoms with E-state index in [0.717, 1.165) is 40.9 Å². The van der Waals surface area contributed by atoms with Gasteiger partial charge in [-0.05, 0) is 49.5 Å². The van der Waals surface area contributed by atoms with Gasteiger partial charge in [0.05, 0.1) is 18.5 Å². The number of hydrogen-bond acceptors (Lipinski definition) is 6. The van der Waals surface area contributed by atoms with Crippen LogP contribution in [0.5, 0.6) is 5.88 Å². The molecule has 2 bridgehead atoms. The predicted molar refractivity (Wildman–Crippen MR) is 118 cm³/mol. The third-order valence-electron chi connectivity index (χ3n) is 6.03. The lowest BCUT2D eigenvalue weighted by molar-refractivity contribution is 0.192. The molecule has 0 amide bonds. The van der Waals surface area contributed by atoms with Gasteiger partial charge in [-0.1, -0.05) is 11.9 Å². The van der Waals surface area contributed by atoms with Crippen molar-refractivity contribution < 1.29 is 4.74 Å². The summed E-state index contributed by atoms with van der Waals surface area (Å²) in [6, 6.07) is 7.34. The van der Waals surface area contributed by atoms with Gasteiger partial charge in [0.15, 0.2) is 0 Å². The van der Waals surface area contributed by atoms with Crippen LogP contribution in [0.15, 0.2) is 36.7 Å².